The standard InChI is InChI=1S/C9H14O3/c1-6(8(11)12)5-7(10)9(2,3)4/h1,5H2,2-4H3,(H,11,12). The largest absolute Gasteiger partial charge is 0.478 e. The highest BCUT2D eigenvalue weighted by Gasteiger charge is 2.23. The minimum Gasteiger partial charge on any atom is -0.478 e. The van der Waals surface area contributed by atoms with Crippen LogP contribution in [0.2, 0.25) is 0 Å². The molecule has 1 N–H and O–H groups in total. The van der Waals surface area contributed by atoms with Crippen LogP contribution in [0.25, 0.3) is 0 Å². The van der Waals surface area contributed by atoms with Crippen molar-refractivity contribution >= 4 is 11.8 Å². The van der Waals surface area contributed by atoms with Crippen molar-refractivity contribution in [2.24, 2.45) is 5.41 Å². The molecule has 0 rings (SSSR count). The third-order valence-electron chi connectivity index (χ3n) is 1.51. The van der Waals surface area contributed by atoms with Crippen LogP contribution in [0.15, 0.2) is 12.2 Å². The minimum absolute atomic E-state index is 0.0464. The third-order valence-corrected chi connectivity index (χ3v) is 1.51. The second kappa shape index (κ2) is 3.52. The van der Waals surface area contributed by atoms with Gasteiger partial charge in [0, 0.05) is 17.4 Å². The molecule has 3 nitrogen and oxygen atoms in total. The molecule has 0 aliphatic carbocycles. The second-order valence-electron chi connectivity index (χ2n) is 3.76. The van der Waals surface area contributed by atoms with Gasteiger partial charge in [-0.2, -0.15) is 0 Å². The van der Waals surface area contributed by atoms with Crippen LogP contribution in [0.4, 0.5) is 0 Å². The number of carboxylic acids is 1. The first-order valence-corrected chi connectivity index (χ1v) is 3.69. The SMILES string of the molecule is C=C(CC(=O)C(C)(C)C)C(=O)O. The highest BCUT2D eigenvalue weighted by atomic mass is 16.4. The lowest BCUT2D eigenvalue weighted by Gasteiger charge is -2.15. The predicted octanol–water partition coefficient (Wildman–Crippen LogP) is 1.63. The molecule has 68 valence electrons. The van der Waals surface area contributed by atoms with Crippen LogP contribution < -0.4 is 0 Å². The van der Waals surface area contributed by atoms with E-state index < -0.39 is 11.4 Å². The van der Waals surface area contributed by atoms with E-state index in [1.54, 1.807) is 20.8 Å². The Labute approximate surface area is 72.1 Å². The molecule has 0 heterocycles. The fraction of sp³-hybridized carbons (Fsp3) is 0.556. The van der Waals surface area contributed by atoms with E-state index in [2.05, 4.69) is 6.58 Å². The van der Waals surface area contributed by atoms with Crippen LogP contribution in [0.1, 0.15) is 27.2 Å². The summed E-state index contributed by atoms with van der Waals surface area (Å²) < 4.78 is 0. The number of ketones is 1. The van der Waals surface area contributed by atoms with Crippen molar-refractivity contribution in [3.8, 4) is 0 Å². The fourth-order valence-electron chi connectivity index (χ4n) is 0.535. The zero-order valence-electron chi connectivity index (χ0n) is 7.68. The molecule has 0 fully saturated rings. The van der Waals surface area contributed by atoms with Gasteiger partial charge in [-0.15, -0.1) is 0 Å². The third kappa shape index (κ3) is 3.32. The number of carbonyl (C=O) groups is 2. The van der Waals surface area contributed by atoms with Crippen molar-refractivity contribution in [2.75, 3.05) is 0 Å². The predicted molar refractivity (Wildman–Crippen MR) is 45.9 cm³/mol. The van der Waals surface area contributed by atoms with E-state index in [4.69, 9.17) is 5.11 Å². The van der Waals surface area contributed by atoms with Crippen molar-refractivity contribution in [1.29, 1.82) is 0 Å². The molecule has 12 heavy (non-hydrogen) atoms. The second-order valence-corrected chi connectivity index (χ2v) is 3.76. The number of rotatable bonds is 3. The Balaban J connectivity index is 4.21. The van der Waals surface area contributed by atoms with Gasteiger partial charge in [0.2, 0.25) is 0 Å². The molecular weight excluding hydrogens is 156 g/mol. The summed E-state index contributed by atoms with van der Waals surface area (Å²) in [6.45, 7) is 8.55. The molecule has 0 aromatic carbocycles. The lowest BCUT2D eigenvalue weighted by atomic mass is 9.87. The highest BCUT2D eigenvalue weighted by molar-refractivity contribution is 5.95. The van der Waals surface area contributed by atoms with Gasteiger partial charge in [0.25, 0.3) is 0 Å². The summed E-state index contributed by atoms with van der Waals surface area (Å²) in [6, 6.07) is 0. The van der Waals surface area contributed by atoms with Gasteiger partial charge in [-0.25, -0.2) is 4.79 Å². The molecule has 0 amide bonds. The number of aliphatic carboxylic acids is 1. The molecular formula is C9H14O3. The molecule has 0 spiro atoms. The van der Waals surface area contributed by atoms with Crippen molar-refractivity contribution < 1.29 is 14.7 Å². The van der Waals surface area contributed by atoms with Gasteiger partial charge < -0.3 is 5.11 Å². The maximum absolute atomic E-state index is 11.3. The van der Waals surface area contributed by atoms with E-state index >= 15 is 0 Å². The van der Waals surface area contributed by atoms with Crippen LogP contribution in [-0.2, 0) is 9.59 Å². The molecule has 0 aromatic rings. The summed E-state index contributed by atoms with van der Waals surface area (Å²) in [4.78, 5) is 21.6. The Morgan fingerprint density at radius 2 is 1.75 bits per heavy atom. The molecule has 0 saturated heterocycles. The average Bonchev–Trinajstić information content (AvgIpc) is 1.85. The Kier molecular flexibility index (Phi) is 3.19. The van der Waals surface area contributed by atoms with Crippen LogP contribution in [0.3, 0.4) is 0 Å². The summed E-state index contributed by atoms with van der Waals surface area (Å²) in [7, 11) is 0. The number of carbonyl (C=O) groups excluding carboxylic acids is 1. The van der Waals surface area contributed by atoms with Crippen molar-refractivity contribution in [2.45, 2.75) is 27.2 Å². The Morgan fingerprint density at radius 3 is 2.00 bits per heavy atom. The van der Waals surface area contributed by atoms with E-state index in [1.807, 2.05) is 0 Å². The number of carboxylic acid groups (broad SMARTS) is 1. The van der Waals surface area contributed by atoms with E-state index in [1.165, 1.54) is 0 Å². The maximum Gasteiger partial charge on any atom is 0.331 e. The molecule has 3 heteroatoms. The average molecular weight is 170 g/mol. The van der Waals surface area contributed by atoms with Gasteiger partial charge in [-0.3, -0.25) is 4.79 Å². The number of hydrogen-bond donors (Lipinski definition) is 1. The lowest BCUT2D eigenvalue weighted by molar-refractivity contribution is -0.134. The fourth-order valence-corrected chi connectivity index (χ4v) is 0.535. The Hall–Kier alpha value is -1.12. The smallest absolute Gasteiger partial charge is 0.331 e. The quantitative estimate of drug-likeness (QED) is 0.655. The summed E-state index contributed by atoms with van der Waals surface area (Å²) in [6.07, 6.45) is -0.0706. The summed E-state index contributed by atoms with van der Waals surface area (Å²) in [5.74, 6) is -1.21. The van der Waals surface area contributed by atoms with Crippen LogP contribution in [0, 0.1) is 5.41 Å². The van der Waals surface area contributed by atoms with E-state index in [0.717, 1.165) is 0 Å². The Morgan fingerprint density at radius 1 is 1.33 bits per heavy atom. The van der Waals surface area contributed by atoms with E-state index in [-0.39, 0.29) is 17.8 Å². The monoisotopic (exact) mass is 170 g/mol. The summed E-state index contributed by atoms with van der Waals surface area (Å²) >= 11 is 0. The molecule has 0 bridgehead atoms. The molecule has 0 aliphatic heterocycles. The van der Waals surface area contributed by atoms with Gasteiger partial charge in [0.05, 0.1) is 0 Å². The van der Waals surface area contributed by atoms with Crippen LogP contribution >= 0.6 is 0 Å². The summed E-state index contributed by atoms with van der Waals surface area (Å²) in [5, 5.41) is 8.44. The van der Waals surface area contributed by atoms with Gasteiger partial charge in [0.15, 0.2) is 0 Å². The zero-order chi connectivity index (χ0) is 9.94. The molecule has 0 aromatic heterocycles. The van der Waals surface area contributed by atoms with Gasteiger partial charge in [0.1, 0.15) is 5.78 Å². The first kappa shape index (κ1) is 10.9. The molecule has 0 atom stereocenters. The van der Waals surface area contributed by atoms with Gasteiger partial charge in [-0.1, -0.05) is 27.4 Å². The van der Waals surface area contributed by atoms with Crippen molar-refractivity contribution in [3.05, 3.63) is 12.2 Å². The first-order valence-electron chi connectivity index (χ1n) is 3.69. The molecule has 0 saturated carbocycles. The van der Waals surface area contributed by atoms with Crippen LogP contribution in [-0.4, -0.2) is 16.9 Å². The molecule has 0 unspecified atom stereocenters. The molecule has 0 aliphatic rings. The minimum atomic E-state index is -1.10. The topological polar surface area (TPSA) is 54.4 Å². The normalized spacial score (nSPS) is 10.9. The molecule has 0 radical (unpaired) electrons. The van der Waals surface area contributed by atoms with Gasteiger partial charge >= 0.3 is 5.97 Å². The lowest BCUT2D eigenvalue weighted by Crippen LogP contribution is -2.21. The summed E-state index contributed by atoms with van der Waals surface area (Å²) in [5.41, 5.74) is -0.534. The zero-order valence-corrected chi connectivity index (χ0v) is 7.68. The van der Waals surface area contributed by atoms with E-state index in [9.17, 15) is 9.59 Å². The number of Topliss-reactive ketones (excluding diaryl/α,β-unsaturated/α-hetero) is 1. The van der Waals surface area contributed by atoms with Crippen molar-refractivity contribution in [1.82, 2.24) is 0 Å². The first-order chi connectivity index (χ1) is 5.25. The number of hydrogen-bond acceptors (Lipinski definition) is 2. The maximum atomic E-state index is 11.3. The highest BCUT2D eigenvalue weighted by Crippen LogP contribution is 2.18. The van der Waals surface area contributed by atoms with Gasteiger partial charge in [-0.05, 0) is 0 Å². The van der Waals surface area contributed by atoms with Crippen LogP contribution in [0.5, 0.6) is 0 Å². The van der Waals surface area contributed by atoms with E-state index in [0.29, 0.717) is 0 Å². The van der Waals surface area contributed by atoms with Crippen molar-refractivity contribution in [3.63, 3.8) is 0 Å². The Bertz CT molecular complexity index is 220.